The maximum Gasteiger partial charge on any atom is 0.229 e. The van der Waals surface area contributed by atoms with Crippen LogP contribution in [0.3, 0.4) is 0 Å². The molecule has 1 amide bonds. The fraction of sp³-hybridized carbons (Fsp3) is 0.321. The van der Waals surface area contributed by atoms with E-state index in [1.165, 1.54) is 11.1 Å². The molecule has 3 N–H and O–H groups in total. The Kier molecular flexibility index (Phi) is 8.58. The number of amides is 1. The molecule has 0 saturated carbocycles. The average molecular weight is 502 g/mol. The Balaban J connectivity index is 1.66. The van der Waals surface area contributed by atoms with Crippen molar-refractivity contribution in [3.63, 3.8) is 0 Å². The number of rotatable bonds is 8. The highest BCUT2D eigenvalue weighted by atomic mass is 16.5. The van der Waals surface area contributed by atoms with E-state index in [1.54, 1.807) is 11.1 Å². The van der Waals surface area contributed by atoms with Crippen LogP contribution in [0.2, 0.25) is 0 Å². The third-order valence-corrected chi connectivity index (χ3v) is 6.20. The standard InChI is InChI=1S/C28H35N7O2/c1-20-8-7-9-21(2)26(20)34(4)18-22-17-31-28-32-23-10-11-24(30-13-12-29-3)25(16-23)37-15-6-5-14-35(19-36)27(22)33-28/h5-11,16-17,19,29-30H,12-15,18H2,1-4H3,(H,31,32,33)/b6-5-. The molecule has 0 aliphatic carbocycles. The number of benzene rings is 2. The molecule has 4 rings (SSSR count). The zero-order valence-corrected chi connectivity index (χ0v) is 21.9. The van der Waals surface area contributed by atoms with E-state index in [9.17, 15) is 4.79 Å². The van der Waals surface area contributed by atoms with Crippen molar-refractivity contribution < 1.29 is 9.53 Å². The largest absolute Gasteiger partial charge is 0.487 e. The lowest BCUT2D eigenvalue weighted by Gasteiger charge is -2.26. The molecule has 0 fully saturated rings. The summed E-state index contributed by atoms with van der Waals surface area (Å²) in [6, 6.07) is 12.1. The summed E-state index contributed by atoms with van der Waals surface area (Å²) in [6.45, 7) is 7.11. The Bertz CT molecular complexity index is 1240. The number of carbonyl (C=O) groups is 1. The summed E-state index contributed by atoms with van der Waals surface area (Å²) in [5, 5.41) is 9.79. The third kappa shape index (κ3) is 6.37. The molecule has 0 atom stereocenters. The third-order valence-electron chi connectivity index (χ3n) is 6.20. The minimum atomic E-state index is 0.369. The predicted molar refractivity (Wildman–Crippen MR) is 150 cm³/mol. The normalized spacial score (nSPS) is 13.8. The maximum atomic E-state index is 12.1. The summed E-state index contributed by atoms with van der Waals surface area (Å²) in [4.78, 5) is 25.3. The van der Waals surface area contributed by atoms with Crippen molar-refractivity contribution >= 4 is 35.2 Å². The number of aromatic nitrogens is 2. The fourth-order valence-corrected chi connectivity index (χ4v) is 4.45. The molecule has 1 aliphatic heterocycles. The monoisotopic (exact) mass is 501 g/mol. The predicted octanol–water partition coefficient (Wildman–Crippen LogP) is 4.02. The Morgan fingerprint density at radius 2 is 1.97 bits per heavy atom. The smallest absolute Gasteiger partial charge is 0.229 e. The molecule has 37 heavy (non-hydrogen) atoms. The van der Waals surface area contributed by atoms with Gasteiger partial charge >= 0.3 is 0 Å². The first-order valence-electron chi connectivity index (χ1n) is 12.4. The number of nitrogens with zero attached hydrogens (tertiary/aromatic N) is 4. The van der Waals surface area contributed by atoms with Gasteiger partial charge in [0, 0.05) is 62.4 Å². The lowest BCUT2D eigenvalue weighted by molar-refractivity contribution is -0.107. The van der Waals surface area contributed by atoms with E-state index in [4.69, 9.17) is 9.72 Å². The summed E-state index contributed by atoms with van der Waals surface area (Å²) < 4.78 is 6.03. The zero-order chi connectivity index (χ0) is 26.2. The second-order valence-corrected chi connectivity index (χ2v) is 9.05. The number of para-hydroxylation sites is 1. The van der Waals surface area contributed by atoms with Gasteiger partial charge in [-0.05, 0) is 50.2 Å². The highest BCUT2D eigenvalue weighted by molar-refractivity contribution is 5.76. The lowest BCUT2D eigenvalue weighted by atomic mass is 10.1. The molecule has 1 aromatic heterocycles. The van der Waals surface area contributed by atoms with Crippen LogP contribution in [0.4, 0.5) is 28.8 Å². The van der Waals surface area contributed by atoms with Crippen LogP contribution in [0.15, 0.2) is 54.7 Å². The van der Waals surface area contributed by atoms with Crippen LogP contribution >= 0.6 is 0 Å². The van der Waals surface area contributed by atoms with E-state index in [0.717, 1.165) is 47.9 Å². The van der Waals surface area contributed by atoms with Crippen molar-refractivity contribution in [2.75, 3.05) is 60.8 Å². The first-order chi connectivity index (χ1) is 18.0. The molecule has 2 heterocycles. The molecule has 0 unspecified atom stereocenters. The number of likely N-dealkylation sites (N-methyl/N-ethyl adjacent to an activating group) is 1. The number of anilines is 5. The Labute approximate surface area is 218 Å². The minimum Gasteiger partial charge on any atom is -0.487 e. The minimum absolute atomic E-state index is 0.369. The molecule has 194 valence electrons. The van der Waals surface area contributed by atoms with E-state index in [-0.39, 0.29) is 0 Å². The summed E-state index contributed by atoms with van der Waals surface area (Å²) in [5.74, 6) is 1.70. The number of carbonyl (C=O) groups excluding carboxylic acids is 1. The highest BCUT2D eigenvalue weighted by Crippen LogP contribution is 2.31. The Morgan fingerprint density at radius 1 is 1.16 bits per heavy atom. The Morgan fingerprint density at radius 3 is 2.73 bits per heavy atom. The fourth-order valence-electron chi connectivity index (χ4n) is 4.45. The quantitative estimate of drug-likeness (QED) is 0.242. The highest BCUT2D eigenvalue weighted by Gasteiger charge is 2.18. The first kappa shape index (κ1) is 26.0. The van der Waals surface area contributed by atoms with Crippen molar-refractivity contribution in [1.29, 1.82) is 0 Å². The van der Waals surface area contributed by atoms with E-state index in [1.807, 2.05) is 44.4 Å². The second-order valence-electron chi connectivity index (χ2n) is 9.05. The van der Waals surface area contributed by atoms with Crippen LogP contribution in [-0.4, -0.2) is 56.7 Å². The van der Waals surface area contributed by atoms with Gasteiger partial charge in [0.2, 0.25) is 12.4 Å². The molecule has 0 spiro atoms. The van der Waals surface area contributed by atoms with Gasteiger partial charge in [0.1, 0.15) is 18.2 Å². The molecule has 1 aliphatic rings. The number of nitrogens with one attached hydrogen (secondary N) is 3. The molecular weight excluding hydrogens is 466 g/mol. The SMILES string of the molecule is CNCCNc1ccc2cc1OC/C=C\CN(C=O)c1nc(ncc1CN(C)c1c(C)cccc1C)N2. The van der Waals surface area contributed by atoms with Crippen molar-refractivity contribution in [2.24, 2.45) is 0 Å². The number of ether oxygens (including phenoxy) is 1. The van der Waals surface area contributed by atoms with E-state index in [0.29, 0.717) is 31.5 Å². The molecular formula is C28H35N7O2. The van der Waals surface area contributed by atoms with Gasteiger partial charge in [0.05, 0.1) is 5.69 Å². The van der Waals surface area contributed by atoms with E-state index >= 15 is 0 Å². The van der Waals surface area contributed by atoms with E-state index < -0.39 is 0 Å². The number of fused-ring (bicyclic) bond motifs is 4. The van der Waals surface area contributed by atoms with Crippen LogP contribution in [-0.2, 0) is 11.3 Å². The summed E-state index contributed by atoms with van der Waals surface area (Å²) >= 11 is 0. The molecule has 9 heteroatoms. The average Bonchev–Trinajstić information content (AvgIpc) is 2.89. The van der Waals surface area contributed by atoms with Crippen molar-refractivity contribution in [2.45, 2.75) is 20.4 Å². The Hall–Kier alpha value is -4.11. The molecule has 0 radical (unpaired) electrons. The van der Waals surface area contributed by atoms with Crippen LogP contribution in [0, 0.1) is 13.8 Å². The van der Waals surface area contributed by atoms with Gasteiger partial charge in [0.15, 0.2) is 0 Å². The van der Waals surface area contributed by atoms with Crippen LogP contribution in [0.1, 0.15) is 16.7 Å². The number of aryl methyl sites for hydroxylation is 2. The molecule has 4 bridgehead atoms. The van der Waals surface area contributed by atoms with Gasteiger partial charge in [-0.1, -0.05) is 24.3 Å². The first-order valence-corrected chi connectivity index (χ1v) is 12.4. The second kappa shape index (κ2) is 12.2. The van der Waals surface area contributed by atoms with Gasteiger partial charge in [-0.15, -0.1) is 0 Å². The molecule has 0 saturated heterocycles. The van der Waals surface area contributed by atoms with Crippen molar-refractivity contribution in [1.82, 2.24) is 15.3 Å². The number of hydrogen-bond donors (Lipinski definition) is 3. The van der Waals surface area contributed by atoms with Gasteiger partial charge in [-0.25, -0.2) is 4.98 Å². The number of hydrogen-bond acceptors (Lipinski definition) is 8. The van der Waals surface area contributed by atoms with Crippen molar-refractivity contribution in [3.8, 4) is 5.75 Å². The zero-order valence-electron chi connectivity index (χ0n) is 21.9. The summed E-state index contributed by atoms with van der Waals surface area (Å²) in [6.07, 6.45) is 6.43. The van der Waals surface area contributed by atoms with Crippen LogP contribution < -0.4 is 30.5 Å². The summed E-state index contributed by atoms with van der Waals surface area (Å²) in [5.41, 5.74) is 6.10. The molecule has 2 aromatic carbocycles. The summed E-state index contributed by atoms with van der Waals surface area (Å²) in [7, 11) is 3.96. The lowest BCUT2D eigenvalue weighted by Crippen LogP contribution is -2.27. The van der Waals surface area contributed by atoms with Gasteiger partial charge in [0.25, 0.3) is 0 Å². The topological polar surface area (TPSA) is 94.7 Å². The van der Waals surface area contributed by atoms with Crippen molar-refractivity contribution in [3.05, 3.63) is 71.4 Å². The van der Waals surface area contributed by atoms with Gasteiger partial charge in [-0.3, -0.25) is 9.69 Å². The van der Waals surface area contributed by atoms with E-state index in [2.05, 4.69) is 57.9 Å². The maximum absolute atomic E-state index is 12.1. The molecule has 3 aromatic rings. The van der Waals surface area contributed by atoms with Gasteiger partial charge in [-0.2, -0.15) is 4.98 Å². The van der Waals surface area contributed by atoms with Crippen LogP contribution in [0.5, 0.6) is 5.75 Å². The molecule has 9 nitrogen and oxygen atoms in total. The van der Waals surface area contributed by atoms with Gasteiger partial charge < -0.3 is 25.6 Å². The van der Waals surface area contributed by atoms with Crippen LogP contribution in [0.25, 0.3) is 0 Å².